The summed E-state index contributed by atoms with van der Waals surface area (Å²) in [4.78, 5) is 70.9. The van der Waals surface area contributed by atoms with Gasteiger partial charge in [-0.3, -0.25) is 14.4 Å². The molecule has 0 aromatic carbocycles. The second-order valence-corrected chi connectivity index (χ2v) is 22.8. The van der Waals surface area contributed by atoms with Gasteiger partial charge in [-0.25, -0.2) is 9.59 Å². The molecule has 4 aliphatic rings. The van der Waals surface area contributed by atoms with Gasteiger partial charge in [-0.15, -0.1) is 0 Å². The lowest BCUT2D eigenvalue weighted by Gasteiger charge is -2.42. The van der Waals surface area contributed by atoms with Gasteiger partial charge >= 0.3 is 12.1 Å². The molecule has 0 radical (unpaired) electrons. The monoisotopic (exact) mass is 1130 g/mol. The van der Waals surface area contributed by atoms with E-state index < -0.39 is 89.8 Å². The molecule has 4 rings (SSSR count). The number of hydrogen-bond donors (Lipinski definition) is 4. The number of nitrogens with zero attached hydrogens (tertiary/aromatic N) is 1. The van der Waals surface area contributed by atoms with Crippen LogP contribution in [0.15, 0.2) is 47.6 Å². The van der Waals surface area contributed by atoms with Gasteiger partial charge in [-0.05, 0) is 133 Å². The number of piperidine rings is 1. The summed E-state index contributed by atoms with van der Waals surface area (Å²) in [6.45, 7) is 19.0. The maximum atomic E-state index is 14.6. The van der Waals surface area contributed by atoms with Crippen molar-refractivity contribution in [2.75, 3.05) is 80.2 Å². The first-order valence-electron chi connectivity index (χ1n) is 29.6. The highest BCUT2D eigenvalue weighted by Crippen LogP contribution is 2.38. The quantitative estimate of drug-likeness (QED) is 0.0434. The average molecular weight is 1130 g/mol. The number of amides is 2. The number of methoxy groups -OCH3 is 2. The first kappa shape index (κ1) is 68.6. The van der Waals surface area contributed by atoms with E-state index in [0.717, 1.165) is 5.57 Å². The predicted octanol–water partition coefficient (Wildman–Crippen LogP) is 7.17. The van der Waals surface area contributed by atoms with Crippen LogP contribution in [0.4, 0.5) is 4.79 Å². The highest BCUT2D eigenvalue weighted by molar-refractivity contribution is 6.39. The Kier molecular flexibility index (Phi) is 30.8. The van der Waals surface area contributed by atoms with Gasteiger partial charge in [-0.2, -0.15) is 0 Å². The van der Waals surface area contributed by atoms with Gasteiger partial charge in [0.2, 0.25) is 5.79 Å². The number of carbonyl (C=O) groups is 5. The molecule has 0 unspecified atom stereocenters. The zero-order valence-corrected chi connectivity index (χ0v) is 49.8. The Labute approximate surface area is 476 Å². The van der Waals surface area contributed by atoms with Gasteiger partial charge in [0, 0.05) is 52.2 Å². The molecule has 3 aliphatic heterocycles. The van der Waals surface area contributed by atoms with Crippen molar-refractivity contribution in [3.8, 4) is 0 Å². The van der Waals surface area contributed by atoms with Crippen molar-refractivity contribution in [2.24, 2.45) is 35.5 Å². The number of aliphatic hydroxyl groups excluding tert-OH is 2. The zero-order chi connectivity index (χ0) is 58.8. The van der Waals surface area contributed by atoms with Crippen LogP contribution in [0.25, 0.3) is 0 Å². The molecule has 15 atom stereocenters. The van der Waals surface area contributed by atoms with Crippen LogP contribution < -0.4 is 5.32 Å². The molecule has 80 heavy (non-hydrogen) atoms. The lowest BCUT2D eigenvalue weighted by Crippen LogP contribution is -2.61. The molecule has 3 heterocycles. The molecular formula is C61H100N2O17. The minimum Gasteiger partial charge on any atom is -0.461 e. The lowest BCUT2D eigenvalue weighted by atomic mass is 9.78. The SMILES string of the molecule is CCOCCOCCOCCOCCNC(=O)O[C@@H]1CC[C@@H](C[C@@H](C)[C@@H]2CC[C@H](C)/C=C(\C)[C@@H](O)[C@@H](O)C(=O)[C@H](C)C[C@H](C)/C=C/C=C/C=C(\C)[C@@H](OC)C[C@@H]3CC[C@@H](C)[C@@](O)(O3)C(=O)C(=O)N3CCCC[C@H]3C(=O)O2)C[C@H]1OC. The van der Waals surface area contributed by atoms with Crippen LogP contribution in [0.3, 0.4) is 0 Å². The minimum absolute atomic E-state index is 0.0112. The number of allylic oxidation sites excluding steroid dienone is 6. The van der Waals surface area contributed by atoms with E-state index in [2.05, 4.69) is 5.32 Å². The Morgan fingerprint density at radius 3 is 2.12 bits per heavy atom. The molecule has 2 saturated heterocycles. The van der Waals surface area contributed by atoms with Crippen LogP contribution in [0, 0.1) is 35.5 Å². The second-order valence-electron chi connectivity index (χ2n) is 22.8. The van der Waals surface area contributed by atoms with Gasteiger partial charge in [0.1, 0.15) is 30.5 Å². The number of aliphatic hydroxyl groups is 3. The van der Waals surface area contributed by atoms with E-state index in [1.165, 1.54) is 4.90 Å². The smallest absolute Gasteiger partial charge is 0.407 e. The third-order valence-electron chi connectivity index (χ3n) is 16.3. The minimum atomic E-state index is -2.42. The fraction of sp³-hybridized carbons (Fsp3) is 0.787. The Morgan fingerprint density at radius 2 is 1.45 bits per heavy atom. The summed E-state index contributed by atoms with van der Waals surface area (Å²) >= 11 is 0. The van der Waals surface area contributed by atoms with Crippen LogP contribution in [-0.2, 0) is 61.8 Å². The second kappa shape index (κ2) is 36.0. The summed E-state index contributed by atoms with van der Waals surface area (Å²) in [6.07, 6.45) is 11.7. The van der Waals surface area contributed by atoms with Crippen molar-refractivity contribution in [1.82, 2.24) is 10.2 Å². The number of rotatable bonds is 19. The number of carbonyl (C=O) groups excluding carboxylic acids is 5. The summed E-state index contributed by atoms with van der Waals surface area (Å²) in [7, 11) is 3.17. The Morgan fingerprint density at radius 1 is 0.762 bits per heavy atom. The molecule has 456 valence electrons. The normalized spacial score (nSPS) is 34.9. The van der Waals surface area contributed by atoms with Crippen molar-refractivity contribution in [3.05, 3.63) is 47.6 Å². The van der Waals surface area contributed by atoms with E-state index in [-0.39, 0.29) is 55.9 Å². The summed E-state index contributed by atoms with van der Waals surface area (Å²) in [5, 5.41) is 37.2. The molecule has 1 saturated carbocycles. The summed E-state index contributed by atoms with van der Waals surface area (Å²) in [6, 6.07) is -1.08. The van der Waals surface area contributed by atoms with Crippen molar-refractivity contribution in [2.45, 2.75) is 193 Å². The number of alkyl carbamates (subject to hydrolysis) is 1. The predicted molar refractivity (Wildman–Crippen MR) is 301 cm³/mol. The number of cyclic esters (lactones) is 1. The first-order chi connectivity index (χ1) is 38.2. The maximum Gasteiger partial charge on any atom is 0.407 e. The van der Waals surface area contributed by atoms with E-state index in [1.54, 1.807) is 35.0 Å². The third kappa shape index (κ3) is 22.0. The van der Waals surface area contributed by atoms with Gasteiger partial charge in [-0.1, -0.05) is 71.1 Å². The summed E-state index contributed by atoms with van der Waals surface area (Å²) in [5.74, 6) is -7.13. The van der Waals surface area contributed by atoms with Crippen molar-refractivity contribution in [3.63, 3.8) is 0 Å². The third-order valence-corrected chi connectivity index (χ3v) is 16.3. The zero-order valence-electron chi connectivity index (χ0n) is 49.8. The lowest BCUT2D eigenvalue weighted by molar-refractivity contribution is -0.265. The topological polar surface area (TPSA) is 244 Å². The van der Waals surface area contributed by atoms with Gasteiger partial charge in [0.15, 0.2) is 5.78 Å². The number of ether oxygens (including phenoxy) is 9. The molecule has 2 amide bonds. The fourth-order valence-electron chi connectivity index (χ4n) is 11.4. The highest BCUT2D eigenvalue weighted by Gasteiger charge is 2.53. The number of ketones is 2. The fourth-order valence-corrected chi connectivity index (χ4v) is 11.4. The van der Waals surface area contributed by atoms with Gasteiger partial charge in [0.05, 0.1) is 64.6 Å². The van der Waals surface area contributed by atoms with Crippen LogP contribution in [-0.4, -0.2) is 184 Å². The number of esters is 1. The molecule has 1 aliphatic carbocycles. The molecule has 19 nitrogen and oxygen atoms in total. The average Bonchev–Trinajstić information content (AvgIpc) is 3.55. The van der Waals surface area contributed by atoms with E-state index in [4.69, 9.17) is 42.6 Å². The number of fused-ring (bicyclic) bond motifs is 3. The number of Topliss-reactive ketones (excluding diaryl/α,β-unsaturated/α-hetero) is 2. The Bertz CT molecular complexity index is 2030. The van der Waals surface area contributed by atoms with Crippen LogP contribution >= 0.6 is 0 Å². The van der Waals surface area contributed by atoms with Crippen molar-refractivity contribution in [1.29, 1.82) is 0 Å². The molecule has 2 bridgehead atoms. The molecule has 4 N–H and O–H groups in total. The Balaban J connectivity index is 1.49. The number of hydrogen-bond acceptors (Lipinski definition) is 17. The summed E-state index contributed by atoms with van der Waals surface area (Å²) in [5.41, 5.74) is 1.31. The van der Waals surface area contributed by atoms with E-state index in [1.807, 2.05) is 71.1 Å². The van der Waals surface area contributed by atoms with Crippen LogP contribution in [0.1, 0.15) is 139 Å². The first-order valence-corrected chi connectivity index (χ1v) is 29.6. The highest BCUT2D eigenvalue weighted by atomic mass is 16.6. The van der Waals surface area contributed by atoms with E-state index >= 15 is 0 Å². The van der Waals surface area contributed by atoms with Crippen LogP contribution in [0.2, 0.25) is 0 Å². The van der Waals surface area contributed by atoms with Crippen LogP contribution in [0.5, 0.6) is 0 Å². The van der Waals surface area contributed by atoms with E-state index in [9.17, 15) is 39.3 Å². The molecular weight excluding hydrogens is 1030 g/mol. The van der Waals surface area contributed by atoms with Gasteiger partial charge < -0.3 is 68.2 Å². The molecule has 19 heteroatoms. The standard InChI is InChI=1S/C61H100N2O17/c1-11-74-29-30-76-33-34-77-32-31-75-28-26-62-60(70)79-51-25-22-47(38-53(51)73-10)37-43(5)50-24-20-41(3)36-45(7)55(65)56(66)54(64)44(6)35-40(2)17-13-12-14-18-42(4)52(72-9)39-48-23-21-46(8)61(71,80-48)57(67)58(68)63-27-16-15-19-49(63)59(69)78-50/h12-14,17-18,36,40-41,43-44,46-53,55-56,65-66,71H,11,15-16,19-35,37-39H2,1-10H3,(H,62,70)/b14-12+,17-13+,42-18+,45-36+/t40-,41+,43-,44-,46-,47+,48+,49+,50+,51-,52+,53-,55-,56+,61-/m1/s1. The van der Waals surface area contributed by atoms with E-state index in [0.29, 0.717) is 129 Å². The molecule has 3 fully saturated rings. The maximum absolute atomic E-state index is 14.6. The van der Waals surface area contributed by atoms with Crippen molar-refractivity contribution < 1.29 is 81.9 Å². The van der Waals surface area contributed by atoms with Gasteiger partial charge in [0.25, 0.3) is 11.7 Å². The largest absolute Gasteiger partial charge is 0.461 e. The Hall–Kier alpha value is -3.89. The molecule has 0 aromatic rings. The number of nitrogens with one attached hydrogen (secondary N) is 1. The summed E-state index contributed by atoms with van der Waals surface area (Å²) < 4.78 is 52.0. The molecule has 0 aromatic heterocycles. The molecule has 0 spiro atoms. The van der Waals surface area contributed by atoms with Crippen molar-refractivity contribution >= 4 is 29.5 Å².